The molecule has 0 amide bonds. The summed E-state index contributed by atoms with van der Waals surface area (Å²) in [5.41, 5.74) is 2.56. The Labute approximate surface area is 116 Å². The molecule has 1 heterocycles. The Kier molecular flexibility index (Phi) is 3.97. The summed E-state index contributed by atoms with van der Waals surface area (Å²) < 4.78 is 0.800. The summed E-state index contributed by atoms with van der Waals surface area (Å²) in [6.07, 6.45) is 0. The first-order valence-electron chi connectivity index (χ1n) is 5.89. The molecule has 1 N–H and O–H groups in total. The second kappa shape index (κ2) is 5.48. The molecule has 0 aliphatic rings. The van der Waals surface area contributed by atoms with Crippen LogP contribution < -0.4 is 5.32 Å². The average molecular weight is 306 g/mol. The van der Waals surface area contributed by atoms with E-state index in [2.05, 4.69) is 69.3 Å². The van der Waals surface area contributed by atoms with Crippen LogP contribution in [0.4, 0.5) is 5.82 Å². The summed E-state index contributed by atoms with van der Waals surface area (Å²) in [7, 11) is 0. The zero-order valence-electron chi connectivity index (χ0n) is 10.7. The Balaban J connectivity index is 2.21. The molecule has 1 aromatic heterocycles. The number of hydrogen-bond acceptors (Lipinski definition) is 3. The smallest absolute Gasteiger partial charge is 0.131 e. The van der Waals surface area contributed by atoms with E-state index in [1.54, 1.807) is 0 Å². The molecule has 3 nitrogen and oxygen atoms in total. The largest absolute Gasteiger partial charge is 0.363 e. The minimum atomic E-state index is 0.215. The molecule has 0 saturated heterocycles. The number of nitrogens with zero attached hydrogens (tertiary/aromatic N) is 2. The minimum absolute atomic E-state index is 0.215. The topological polar surface area (TPSA) is 37.8 Å². The molecule has 1 atom stereocenters. The molecule has 0 saturated carbocycles. The molecule has 18 heavy (non-hydrogen) atoms. The fourth-order valence-electron chi connectivity index (χ4n) is 1.98. The maximum atomic E-state index is 4.38. The van der Waals surface area contributed by atoms with E-state index in [-0.39, 0.29) is 6.04 Å². The van der Waals surface area contributed by atoms with Gasteiger partial charge in [-0.2, -0.15) is 0 Å². The highest BCUT2D eigenvalue weighted by molar-refractivity contribution is 9.10. The molecule has 0 spiro atoms. The van der Waals surface area contributed by atoms with Crippen LogP contribution >= 0.6 is 15.9 Å². The first-order chi connectivity index (χ1) is 8.56. The van der Waals surface area contributed by atoms with Crippen molar-refractivity contribution in [3.8, 4) is 0 Å². The average Bonchev–Trinajstić information content (AvgIpc) is 2.27. The van der Waals surface area contributed by atoms with Crippen molar-refractivity contribution in [3.05, 3.63) is 51.9 Å². The van der Waals surface area contributed by atoms with Crippen LogP contribution in [0.2, 0.25) is 0 Å². The molecular weight excluding hydrogens is 290 g/mol. The number of benzene rings is 1. The van der Waals surface area contributed by atoms with Crippen molar-refractivity contribution in [2.45, 2.75) is 26.8 Å². The van der Waals surface area contributed by atoms with E-state index in [1.165, 1.54) is 11.1 Å². The number of halogens is 1. The standard InChI is InChI=1S/C14H16BrN3/c1-9-6-4-5-7-12(9)10(2)16-14-8-13(15)17-11(3)18-14/h4-8,10H,1-3H3,(H,16,17,18). The minimum Gasteiger partial charge on any atom is -0.363 e. The van der Waals surface area contributed by atoms with E-state index in [4.69, 9.17) is 0 Å². The van der Waals surface area contributed by atoms with Gasteiger partial charge in [-0.3, -0.25) is 0 Å². The van der Waals surface area contributed by atoms with Crippen LogP contribution in [0.1, 0.15) is 29.9 Å². The molecule has 2 aromatic rings. The van der Waals surface area contributed by atoms with Gasteiger partial charge in [0.1, 0.15) is 16.2 Å². The quantitative estimate of drug-likeness (QED) is 0.870. The molecule has 0 bridgehead atoms. The van der Waals surface area contributed by atoms with Gasteiger partial charge in [-0.25, -0.2) is 9.97 Å². The third kappa shape index (κ3) is 3.07. The molecule has 0 aliphatic carbocycles. The highest BCUT2D eigenvalue weighted by Crippen LogP contribution is 2.22. The maximum Gasteiger partial charge on any atom is 0.131 e. The van der Waals surface area contributed by atoms with E-state index in [9.17, 15) is 0 Å². The molecule has 4 heteroatoms. The van der Waals surface area contributed by atoms with Gasteiger partial charge in [-0.1, -0.05) is 24.3 Å². The molecular formula is C14H16BrN3. The Bertz CT molecular complexity index is 534. The summed E-state index contributed by atoms with van der Waals surface area (Å²) in [6, 6.07) is 10.5. The Hall–Kier alpha value is -1.42. The first kappa shape index (κ1) is 13.0. The lowest BCUT2D eigenvalue weighted by Crippen LogP contribution is -2.10. The van der Waals surface area contributed by atoms with Gasteiger partial charge in [-0.15, -0.1) is 0 Å². The van der Waals surface area contributed by atoms with Gasteiger partial charge in [0.05, 0.1) is 6.04 Å². The highest BCUT2D eigenvalue weighted by atomic mass is 79.9. The summed E-state index contributed by atoms with van der Waals surface area (Å²) in [5, 5.41) is 3.40. The third-order valence-electron chi connectivity index (χ3n) is 2.83. The van der Waals surface area contributed by atoms with Crippen molar-refractivity contribution < 1.29 is 0 Å². The van der Waals surface area contributed by atoms with Crippen LogP contribution in [0, 0.1) is 13.8 Å². The molecule has 0 fully saturated rings. The van der Waals surface area contributed by atoms with Crippen molar-refractivity contribution in [3.63, 3.8) is 0 Å². The van der Waals surface area contributed by atoms with Crippen molar-refractivity contribution >= 4 is 21.7 Å². The number of anilines is 1. The zero-order chi connectivity index (χ0) is 13.1. The van der Waals surface area contributed by atoms with Crippen LogP contribution in [-0.2, 0) is 0 Å². The second-order valence-electron chi connectivity index (χ2n) is 4.35. The molecule has 1 aromatic carbocycles. The van der Waals surface area contributed by atoms with Gasteiger partial charge in [0, 0.05) is 6.07 Å². The lowest BCUT2D eigenvalue weighted by Gasteiger charge is -2.17. The van der Waals surface area contributed by atoms with Crippen molar-refractivity contribution in [2.75, 3.05) is 5.32 Å². The first-order valence-corrected chi connectivity index (χ1v) is 6.69. The lowest BCUT2D eigenvalue weighted by molar-refractivity contribution is 0.856. The number of aromatic nitrogens is 2. The second-order valence-corrected chi connectivity index (χ2v) is 5.16. The van der Waals surface area contributed by atoms with E-state index >= 15 is 0 Å². The highest BCUT2D eigenvalue weighted by Gasteiger charge is 2.09. The molecule has 0 aliphatic heterocycles. The third-order valence-corrected chi connectivity index (χ3v) is 3.23. The van der Waals surface area contributed by atoms with E-state index in [0.717, 1.165) is 16.2 Å². The zero-order valence-corrected chi connectivity index (χ0v) is 12.3. The molecule has 0 radical (unpaired) electrons. The Morgan fingerprint density at radius 3 is 2.56 bits per heavy atom. The van der Waals surface area contributed by atoms with Gasteiger partial charge in [0.2, 0.25) is 0 Å². The predicted octanol–water partition coefficient (Wildman–Crippen LogP) is 4.03. The van der Waals surface area contributed by atoms with Crippen LogP contribution in [0.5, 0.6) is 0 Å². The number of rotatable bonds is 3. The number of nitrogens with one attached hydrogen (secondary N) is 1. The van der Waals surface area contributed by atoms with Crippen LogP contribution in [0.3, 0.4) is 0 Å². The SMILES string of the molecule is Cc1nc(Br)cc(NC(C)c2ccccc2C)n1. The Morgan fingerprint density at radius 2 is 1.89 bits per heavy atom. The van der Waals surface area contributed by atoms with Crippen molar-refractivity contribution in [2.24, 2.45) is 0 Å². The normalized spacial score (nSPS) is 12.2. The van der Waals surface area contributed by atoms with Crippen LogP contribution in [0.25, 0.3) is 0 Å². The predicted molar refractivity (Wildman–Crippen MR) is 77.7 cm³/mol. The van der Waals surface area contributed by atoms with Crippen molar-refractivity contribution in [1.82, 2.24) is 9.97 Å². The van der Waals surface area contributed by atoms with Gasteiger partial charge >= 0.3 is 0 Å². The summed E-state index contributed by atoms with van der Waals surface area (Å²) >= 11 is 3.38. The number of hydrogen-bond donors (Lipinski definition) is 1. The summed E-state index contributed by atoms with van der Waals surface area (Å²) in [4.78, 5) is 8.57. The molecule has 2 rings (SSSR count). The monoisotopic (exact) mass is 305 g/mol. The van der Waals surface area contributed by atoms with E-state index in [0.29, 0.717) is 0 Å². The maximum absolute atomic E-state index is 4.38. The fraction of sp³-hybridized carbons (Fsp3) is 0.286. The van der Waals surface area contributed by atoms with Crippen LogP contribution in [0.15, 0.2) is 34.9 Å². The Morgan fingerprint density at radius 1 is 1.17 bits per heavy atom. The number of aryl methyl sites for hydroxylation is 2. The summed E-state index contributed by atoms with van der Waals surface area (Å²) in [5.74, 6) is 1.59. The van der Waals surface area contributed by atoms with Crippen LogP contribution in [-0.4, -0.2) is 9.97 Å². The fourth-order valence-corrected chi connectivity index (χ4v) is 2.45. The summed E-state index contributed by atoms with van der Waals surface area (Å²) in [6.45, 7) is 6.14. The van der Waals surface area contributed by atoms with E-state index < -0.39 is 0 Å². The van der Waals surface area contributed by atoms with Gasteiger partial charge in [0.25, 0.3) is 0 Å². The molecule has 94 valence electrons. The lowest BCUT2D eigenvalue weighted by atomic mass is 10.0. The van der Waals surface area contributed by atoms with E-state index in [1.807, 2.05) is 13.0 Å². The van der Waals surface area contributed by atoms with Gasteiger partial charge in [-0.05, 0) is 47.8 Å². The van der Waals surface area contributed by atoms with Crippen molar-refractivity contribution in [1.29, 1.82) is 0 Å². The molecule has 1 unspecified atom stereocenters. The van der Waals surface area contributed by atoms with Gasteiger partial charge in [0.15, 0.2) is 0 Å². The van der Waals surface area contributed by atoms with Gasteiger partial charge < -0.3 is 5.32 Å².